The molecule has 0 radical (unpaired) electrons. The molecule has 0 saturated carbocycles. The molecule has 0 spiro atoms. The number of benzene rings is 1. The predicted octanol–water partition coefficient (Wildman–Crippen LogP) is 3.07. The summed E-state index contributed by atoms with van der Waals surface area (Å²) in [6.07, 6.45) is 2.38. The molecule has 1 aliphatic carbocycles. The van der Waals surface area contributed by atoms with Gasteiger partial charge in [0, 0.05) is 5.02 Å². The summed E-state index contributed by atoms with van der Waals surface area (Å²) in [5.74, 6) is -0.382. The van der Waals surface area contributed by atoms with Crippen LogP contribution in [0.4, 0.5) is 5.69 Å². The van der Waals surface area contributed by atoms with Crippen LogP contribution in [0.2, 0.25) is 10.0 Å². The molecule has 1 aliphatic rings. The fraction of sp³-hybridized carbons (Fsp3) is 0.286. The van der Waals surface area contributed by atoms with Crippen molar-refractivity contribution in [3.63, 3.8) is 0 Å². The highest BCUT2D eigenvalue weighted by atomic mass is 35.5. The maximum absolute atomic E-state index is 11.8. The van der Waals surface area contributed by atoms with Crippen LogP contribution >= 0.6 is 23.2 Å². The van der Waals surface area contributed by atoms with Crippen molar-refractivity contribution >= 4 is 40.5 Å². The minimum absolute atomic E-state index is 0.247. The molecule has 7 nitrogen and oxygen atoms in total. The topological polar surface area (TPSA) is 89.6 Å². The molecule has 1 aromatic heterocycles. The second-order valence-electron chi connectivity index (χ2n) is 4.90. The van der Waals surface area contributed by atoms with E-state index in [0.717, 1.165) is 18.5 Å². The van der Waals surface area contributed by atoms with Crippen LogP contribution in [0.5, 0.6) is 0 Å². The summed E-state index contributed by atoms with van der Waals surface area (Å²) in [6.45, 7) is -0.247. The van der Waals surface area contributed by atoms with Gasteiger partial charge in [-0.15, -0.1) is 0 Å². The van der Waals surface area contributed by atoms with Crippen LogP contribution in [0.25, 0.3) is 0 Å². The summed E-state index contributed by atoms with van der Waals surface area (Å²) in [5, 5.41) is 15.0. The minimum atomic E-state index is -0.382. The summed E-state index contributed by atoms with van der Waals surface area (Å²) in [6, 6.07) is 4.79. The number of oxime groups is 1. The molecule has 1 aromatic carbocycles. The van der Waals surface area contributed by atoms with Gasteiger partial charge in [0.2, 0.25) is 0 Å². The standard InChI is InChI=1S/C14H12Cl2N4O3/c15-8-4-5-10(9(16)6-8)17-13(21)7-22-18-11-2-1-3-12-14(11)20-23-19-12/h4-6H,1-3,7H2,(H,17,21)/b18-11+. The molecule has 9 heteroatoms. The number of nitrogens with one attached hydrogen (secondary N) is 1. The average Bonchev–Trinajstić information content (AvgIpc) is 2.99. The monoisotopic (exact) mass is 354 g/mol. The Balaban J connectivity index is 1.57. The van der Waals surface area contributed by atoms with E-state index in [-0.39, 0.29) is 12.5 Å². The SMILES string of the molecule is O=C(CO/N=C1\CCCc2nonc21)Nc1ccc(Cl)cc1Cl. The smallest absolute Gasteiger partial charge is 0.265 e. The lowest BCUT2D eigenvalue weighted by molar-refractivity contribution is -0.120. The van der Waals surface area contributed by atoms with Crippen LogP contribution in [0.3, 0.4) is 0 Å². The fourth-order valence-corrected chi connectivity index (χ4v) is 2.62. The highest BCUT2D eigenvalue weighted by Gasteiger charge is 2.21. The Kier molecular flexibility index (Phi) is 4.78. The van der Waals surface area contributed by atoms with Crippen molar-refractivity contribution in [3.8, 4) is 0 Å². The van der Waals surface area contributed by atoms with Crippen molar-refractivity contribution in [2.75, 3.05) is 11.9 Å². The van der Waals surface area contributed by atoms with E-state index in [1.54, 1.807) is 18.2 Å². The molecule has 1 amide bonds. The first-order chi connectivity index (χ1) is 11.1. The van der Waals surface area contributed by atoms with Crippen molar-refractivity contribution in [1.82, 2.24) is 10.3 Å². The largest absolute Gasteiger partial charge is 0.385 e. The third kappa shape index (κ3) is 3.80. The number of halogens is 2. The van der Waals surface area contributed by atoms with Crippen LogP contribution in [0.15, 0.2) is 28.0 Å². The molecule has 0 unspecified atom stereocenters. The Bertz CT molecular complexity index is 760. The van der Waals surface area contributed by atoms with E-state index in [0.29, 0.717) is 33.6 Å². The summed E-state index contributed by atoms with van der Waals surface area (Å²) < 4.78 is 4.69. The van der Waals surface area contributed by atoms with E-state index in [2.05, 4.69) is 25.4 Å². The molecule has 0 bridgehead atoms. The first-order valence-corrected chi connectivity index (χ1v) is 7.64. The molecule has 0 aliphatic heterocycles. The van der Waals surface area contributed by atoms with Crippen LogP contribution in [-0.4, -0.2) is 28.5 Å². The Morgan fingerprint density at radius 3 is 3.04 bits per heavy atom. The average molecular weight is 355 g/mol. The van der Waals surface area contributed by atoms with Gasteiger partial charge in [-0.2, -0.15) is 0 Å². The number of aromatic nitrogens is 2. The van der Waals surface area contributed by atoms with E-state index >= 15 is 0 Å². The van der Waals surface area contributed by atoms with Crippen molar-refractivity contribution in [1.29, 1.82) is 0 Å². The number of nitrogens with zero attached hydrogens (tertiary/aromatic N) is 3. The van der Waals surface area contributed by atoms with Crippen molar-refractivity contribution < 1.29 is 14.3 Å². The van der Waals surface area contributed by atoms with Gasteiger partial charge in [-0.05, 0) is 42.6 Å². The molecule has 1 N–H and O–H groups in total. The lowest BCUT2D eigenvalue weighted by Crippen LogP contribution is -2.18. The lowest BCUT2D eigenvalue weighted by Gasteiger charge is -2.10. The normalized spacial score (nSPS) is 15.3. The van der Waals surface area contributed by atoms with Gasteiger partial charge in [0.05, 0.1) is 10.7 Å². The quantitative estimate of drug-likeness (QED) is 0.852. The van der Waals surface area contributed by atoms with E-state index < -0.39 is 0 Å². The maximum atomic E-state index is 11.8. The number of rotatable bonds is 4. The van der Waals surface area contributed by atoms with Crippen molar-refractivity contribution in [2.24, 2.45) is 5.16 Å². The van der Waals surface area contributed by atoms with Gasteiger partial charge in [0.15, 0.2) is 12.3 Å². The van der Waals surface area contributed by atoms with Gasteiger partial charge in [0.25, 0.3) is 5.91 Å². The lowest BCUT2D eigenvalue weighted by atomic mass is 9.99. The minimum Gasteiger partial charge on any atom is -0.385 e. The Morgan fingerprint density at radius 1 is 1.35 bits per heavy atom. The van der Waals surface area contributed by atoms with Gasteiger partial charge in [-0.3, -0.25) is 4.79 Å². The molecule has 0 saturated heterocycles. The number of aryl methyl sites for hydroxylation is 1. The predicted molar refractivity (Wildman–Crippen MR) is 84.8 cm³/mol. The zero-order valence-corrected chi connectivity index (χ0v) is 13.4. The van der Waals surface area contributed by atoms with Gasteiger partial charge in [0.1, 0.15) is 11.4 Å². The molecule has 1 heterocycles. The molecular weight excluding hydrogens is 343 g/mol. The number of carbonyl (C=O) groups excluding carboxylic acids is 1. The first kappa shape index (κ1) is 15.8. The zero-order chi connectivity index (χ0) is 16.2. The summed E-state index contributed by atoms with van der Waals surface area (Å²) in [4.78, 5) is 16.9. The number of hydrogen-bond acceptors (Lipinski definition) is 6. The molecule has 2 aromatic rings. The highest BCUT2D eigenvalue weighted by Crippen LogP contribution is 2.25. The van der Waals surface area contributed by atoms with Crippen molar-refractivity contribution in [3.05, 3.63) is 39.6 Å². The number of carbonyl (C=O) groups is 1. The second kappa shape index (κ2) is 6.97. The maximum Gasteiger partial charge on any atom is 0.265 e. The molecule has 120 valence electrons. The van der Waals surface area contributed by atoms with Crippen LogP contribution in [0, 0.1) is 0 Å². The third-order valence-electron chi connectivity index (χ3n) is 3.23. The van der Waals surface area contributed by atoms with Gasteiger partial charge < -0.3 is 10.2 Å². The molecule has 3 rings (SSSR count). The second-order valence-corrected chi connectivity index (χ2v) is 5.74. The Morgan fingerprint density at radius 2 is 2.22 bits per heavy atom. The Labute approximate surface area is 141 Å². The van der Waals surface area contributed by atoms with E-state index in [9.17, 15) is 4.79 Å². The van der Waals surface area contributed by atoms with Crippen LogP contribution < -0.4 is 5.32 Å². The summed E-state index contributed by atoms with van der Waals surface area (Å²) in [7, 11) is 0. The number of hydrogen-bond donors (Lipinski definition) is 1. The van der Waals surface area contributed by atoms with E-state index in [1.165, 1.54) is 0 Å². The first-order valence-electron chi connectivity index (χ1n) is 6.89. The highest BCUT2D eigenvalue weighted by molar-refractivity contribution is 6.36. The van der Waals surface area contributed by atoms with Crippen LogP contribution in [0.1, 0.15) is 24.2 Å². The molecule has 0 fully saturated rings. The van der Waals surface area contributed by atoms with E-state index in [1.807, 2.05) is 0 Å². The number of anilines is 1. The van der Waals surface area contributed by atoms with Gasteiger partial charge in [-0.25, -0.2) is 4.63 Å². The molecule has 0 atom stereocenters. The molecular formula is C14H12Cl2N4O3. The zero-order valence-electron chi connectivity index (χ0n) is 11.9. The molecule has 23 heavy (non-hydrogen) atoms. The van der Waals surface area contributed by atoms with Crippen LogP contribution in [-0.2, 0) is 16.1 Å². The number of fused-ring (bicyclic) bond motifs is 1. The third-order valence-corrected chi connectivity index (χ3v) is 3.78. The fourth-order valence-electron chi connectivity index (χ4n) is 2.17. The van der Waals surface area contributed by atoms with E-state index in [4.69, 9.17) is 28.0 Å². The summed E-state index contributed by atoms with van der Waals surface area (Å²) in [5.41, 5.74) is 2.44. The summed E-state index contributed by atoms with van der Waals surface area (Å²) >= 11 is 11.8. The number of amides is 1. The Hall–Kier alpha value is -2.12. The van der Waals surface area contributed by atoms with Gasteiger partial charge in [-0.1, -0.05) is 33.5 Å². The van der Waals surface area contributed by atoms with Gasteiger partial charge >= 0.3 is 0 Å². The van der Waals surface area contributed by atoms with Crippen molar-refractivity contribution in [2.45, 2.75) is 19.3 Å².